The van der Waals surface area contributed by atoms with Gasteiger partial charge in [-0.15, -0.1) is 0 Å². The van der Waals surface area contributed by atoms with E-state index in [2.05, 4.69) is 17.6 Å². The lowest BCUT2D eigenvalue weighted by Crippen LogP contribution is -2.41. The summed E-state index contributed by atoms with van der Waals surface area (Å²) in [6, 6.07) is 0. The van der Waals surface area contributed by atoms with E-state index in [9.17, 15) is 9.59 Å². The minimum Gasteiger partial charge on any atom is -0.348 e. The standard InChI is InChI=1S/C18H36N2O2/c1-4-5-6-7-8-9-10-11-12-13-14-19-17(21)18(22)20-15-16(2)3/h16H,4-15H2,1-3H3,(H,19,21)(H,20,22). The smallest absolute Gasteiger partial charge is 0.309 e. The summed E-state index contributed by atoms with van der Waals surface area (Å²) in [6.07, 6.45) is 12.7. The highest BCUT2D eigenvalue weighted by Gasteiger charge is 2.12. The molecular weight excluding hydrogens is 276 g/mol. The second kappa shape index (κ2) is 14.9. The summed E-state index contributed by atoms with van der Waals surface area (Å²) in [5.74, 6) is -0.656. The molecule has 0 aliphatic carbocycles. The fourth-order valence-corrected chi connectivity index (χ4v) is 2.27. The third-order valence-corrected chi connectivity index (χ3v) is 3.69. The zero-order valence-electron chi connectivity index (χ0n) is 14.9. The quantitative estimate of drug-likeness (QED) is 0.401. The lowest BCUT2D eigenvalue weighted by atomic mass is 10.1. The van der Waals surface area contributed by atoms with Crippen molar-refractivity contribution in [2.75, 3.05) is 13.1 Å². The normalized spacial score (nSPS) is 10.7. The van der Waals surface area contributed by atoms with Crippen molar-refractivity contribution >= 4 is 11.8 Å². The first-order valence-corrected chi connectivity index (χ1v) is 9.14. The Morgan fingerprint density at radius 3 is 1.68 bits per heavy atom. The average Bonchev–Trinajstić information content (AvgIpc) is 2.49. The molecule has 0 aromatic heterocycles. The van der Waals surface area contributed by atoms with E-state index in [4.69, 9.17) is 0 Å². The van der Waals surface area contributed by atoms with Gasteiger partial charge in [0.05, 0.1) is 0 Å². The third kappa shape index (κ3) is 13.9. The molecule has 0 saturated heterocycles. The van der Waals surface area contributed by atoms with Gasteiger partial charge in [0.25, 0.3) is 0 Å². The number of amides is 2. The highest BCUT2D eigenvalue weighted by atomic mass is 16.2. The van der Waals surface area contributed by atoms with E-state index in [0.717, 1.165) is 12.8 Å². The zero-order chi connectivity index (χ0) is 16.6. The van der Waals surface area contributed by atoms with Crippen LogP contribution in [0.4, 0.5) is 0 Å². The van der Waals surface area contributed by atoms with Gasteiger partial charge in [-0.1, -0.05) is 78.6 Å². The number of rotatable bonds is 13. The van der Waals surface area contributed by atoms with E-state index >= 15 is 0 Å². The molecule has 0 aliphatic heterocycles. The number of carbonyl (C=O) groups excluding carboxylic acids is 2. The van der Waals surface area contributed by atoms with Gasteiger partial charge in [0.2, 0.25) is 0 Å². The lowest BCUT2D eigenvalue weighted by molar-refractivity contribution is -0.139. The highest BCUT2D eigenvalue weighted by molar-refractivity contribution is 6.35. The van der Waals surface area contributed by atoms with Crippen molar-refractivity contribution in [1.29, 1.82) is 0 Å². The fraction of sp³-hybridized carbons (Fsp3) is 0.889. The van der Waals surface area contributed by atoms with Gasteiger partial charge in [0.15, 0.2) is 0 Å². The number of nitrogens with one attached hydrogen (secondary N) is 2. The molecule has 2 N–H and O–H groups in total. The first-order chi connectivity index (χ1) is 10.6. The Morgan fingerprint density at radius 1 is 0.727 bits per heavy atom. The maximum atomic E-state index is 11.5. The average molecular weight is 312 g/mol. The lowest BCUT2D eigenvalue weighted by Gasteiger charge is -2.08. The molecule has 0 radical (unpaired) electrons. The van der Waals surface area contributed by atoms with Gasteiger partial charge >= 0.3 is 11.8 Å². The van der Waals surface area contributed by atoms with Crippen molar-refractivity contribution in [3.8, 4) is 0 Å². The molecule has 0 fully saturated rings. The predicted molar refractivity (Wildman–Crippen MR) is 92.7 cm³/mol. The molecule has 22 heavy (non-hydrogen) atoms. The molecule has 0 unspecified atom stereocenters. The summed E-state index contributed by atoms with van der Waals surface area (Å²) in [5.41, 5.74) is 0. The molecule has 130 valence electrons. The van der Waals surface area contributed by atoms with Gasteiger partial charge < -0.3 is 10.6 Å². The zero-order valence-corrected chi connectivity index (χ0v) is 14.9. The van der Waals surface area contributed by atoms with Crippen LogP contribution in [0.5, 0.6) is 0 Å². The van der Waals surface area contributed by atoms with Crippen LogP contribution in [0.3, 0.4) is 0 Å². The van der Waals surface area contributed by atoms with Crippen molar-refractivity contribution in [3.05, 3.63) is 0 Å². The van der Waals surface area contributed by atoms with Crippen LogP contribution in [0.25, 0.3) is 0 Å². The second-order valence-electron chi connectivity index (χ2n) is 6.54. The molecule has 4 heteroatoms. The Morgan fingerprint density at radius 2 is 1.18 bits per heavy atom. The van der Waals surface area contributed by atoms with E-state index in [1.165, 1.54) is 51.4 Å². The molecule has 0 atom stereocenters. The first kappa shape index (κ1) is 20.9. The molecule has 0 heterocycles. The van der Waals surface area contributed by atoms with Gasteiger partial charge in [-0.3, -0.25) is 9.59 Å². The summed E-state index contributed by atoms with van der Waals surface area (Å²) < 4.78 is 0. The molecule has 2 amide bonds. The van der Waals surface area contributed by atoms with Crippen LogP contribution in [-0.2, 0) is 9.59 Å². The fourth-order valence-electron chi connectivity index (χ4n) is 2.27. The van der Waals surface area contributed by atoms with E-state index in [0.29, 0.717) is 19.0 Å². The van der Waals surface area contributed by atoms with Crippen LogP contribution in [0.1, 0.15) is 85.0 Å². The van der Waals surface area contributed by atoms with Crippen LogP contribution in [-0.4, -0.2) is 24.9 Å². The van der Waals surface area contributed by atoms with Crippen molar-refractivity contribution in [3.63, 3.8) is 0 Å². The Kier molecular flexibility index (Phi) is 14.1. The highest BCUT2D eigenvalue weighted by Crippen LogP contribution is 2.10. The van der Waals surface area contributed by atoms with E-state index in [-0.39, 0.29) is 0 Å². The molecule has 4 nitrogen and oxygen atoms in total. The molecule has 0 saturated carbocycles. The monoisotopic (exact) mass is 312 g/mol. The summed E-state index contributed by atoms with van der Waals surface area (Å²) in [4.78, 5) is 22.9. The van der Waals surface area contributed by atoms with Crippen LogP contribution >= 0.6 is 0 Å². The number of hydrogen-bond donors (Lipinski definition) is 2. The Hall–Kier alpha value is -1.06. The maximum absolute atomic E-state index is 11.5. The molecular formula is C18H36N2O2. The molecule has 0 bridgehead atoms. The Balaban J connectivity index is 3.31. The van der Waals surface area contributed by atoms with Crippen molar-refractivity contribution in [2.24, 2.45) is 5.92 Å². The molecule has 0 aromatic rings. The maximum Gasteiger partial charge on any atom is 0.309 e. The first-order valence-electron chi connectivity index (χ1n) is 9.14. The topological polar surface area (TPSA) is 58.2 Å². The Labute approximate surface area is 136 Å². The predicted octanol–water partition coefficient (Wildman–Crippen LogP) is 3.80. The van der Waals surface area contributed by atoms with Crippen molar-refractivity contribution in [2.45, 2.75) is 85.0 Å². The third-order valence-electron chi connectivity index (χ3n) is 3.69. The molecule has 0 aromatic carbocycles. The SMILES string of the molecule is CCCCCCCCCCCCNC(=O)C(=O)NCC(C)C. The van der Waals surface area contributed by atoms with E-state index < -0.39 is 11.8 Å². The summed E-state index contributed by atoms with van der Waals surface area (Å²) in [7, 11) is 0. The number of carbonyl (C=O) groups is 2. The van der Waals surface area contributed by atoms with Crippen molar-refractivity contribution < 1.29 is 9.59 Å². The van der Waals surface area contributed by atoms with E-state index in [1.807, 2.05) is 13.8 Å². The van der Waals surface area contributed by atoms with Gasteiger partial charge in [0.1, 0.15) is 0 Å². The summed E-state index contributed by atoms with van der Waals surface area (Å²) >= 11 is 0. The molecule has 0 spiro atoms. The minimum absolute atomic E-state index is 0.360. The summed E-state index contributed by atoms with van der Waals surface area (Å²) in [6.45, 7) is 7.39. The second-order valence-corrected chi connectivity index (χ2v) is 6.54. The van der Waals surface area contributed by atoms with Crippen molar-refractivity contribution in [1.82, 2.24) is 10.6 Å². The van der Waals surface area contributed by atoms with Gasteiger partial charge in [0, 0.05) is 13.1 Å². The number of hydrogen-bond acceptors (Lipinski definition) is 2. The largest absolute Gasteiger partial charge is 0.348 e. The molecule has 0 aliphatic rings. The minimum atomic E-state index is -0.513. The van der Waals surface area contributed by atoms with Crippen LogP contribution in [0, 0.1) is 5.92 Å². The molecule has 0 rings (SSSR count). The Bertz CT molecular complexity index is 291. The van der Waals surface area contributed by atoms with Crippen LogP contribution in [0.15, 0.2) is 0 Å². The van der Waals surface area contributed by atoms with Crippen LogP contribution < -0.4 is 10.6 Å². The van der Waals surface area contributed by atoms with Gasteiger partial charge in [-0.2, -0.15) is 0 Å². The van der Waals surface area contributed by atoms with Crippen LogP contribution in [0.2, 0.25) is 0 Å². The van der Waals surface area contributed by atoms with Gasteiger partial charge in [-0.05, 0) is 12.3 Å². The van der Waals surface area contributed by atoms with E-state index in [1.54, 1.807) is 0 Å². The number of unbranched alkanes of at least 4 members (excludes halogenated alkanes) is 9. The summed E-state index contributed by atoms with van der Waals surface area (Å²) in [5, 5.41) is 5.30. The van der Waals surface area contributed by atoms with Gasteiger partial charge in [-0.25, -0.2) is 0 Å².